The molecule has 2 aliphatic carbocycles. The second-order valence-electron chi connectivity index (χ2n) is 11.9. The van der Waals surface area contributed by atoms with Gasteiger partial charge in [-0.25, -0.2) is 13.2 Å². The fourth-order valence-corrected chi connectivity index (χ4v) is 6.47. The summed E-state index contributed by atoms with van der Waals surface area (Å²) < 4.78 is 45.8. The number of aromatic nitrogens is 1. The number of dihydropyridines is 1. The van der Waals surface area contributed by atoms with E-state index in [4.69, 9.17) is 4.52 Å². The Bertz CT molecular complexity index is 1430. The first kappa shape index (κ1) is 29.1. The fourth-order valence-electron chi connectivity index (χ4n) is 6.47. The van der Waals surface area contributed by atoms with Crippen LogP contribution in [-0.2, 0) is 0 Å². The zero-order valence-electron chi connectivity index (χ0n) is 24.4. The molecule has 3 aliphatic rings. The van der Waals surface area contributed by atoms with Gasteiger partial charge in [-0.05, 0) is 110 Å². The molecule has 0 radical (unpaired) electrons. The summed E-state index contributed by atoms with van der Waals surface area (Å²) in [6.07, 6.45) is 12.8. The van der Waals surface area contributed by atoms with Gasteiger partial charge in [0.2, 0.25) is 6.43 Å². The van der Waals surface area contributed by atoms with Crippen molar-refractivity contribution < 1.29 is 17.7 Å². The molecule has 3 atom stereocenters. The Morgan fingerprint density at radius 3 is 2.41 bits per heavy atom. The van der Waals surface area contributed by atoms with E-state index in [1.807, 2.05) is 38.3 Å². The van der Waals surface area contributed by atoms with E-state index in [2.05, 4.69) is 42.2 Å². The van der Waals surface area contributed by atoms with Gasteiger partial charge in [0.25, 0.3) is 0 Å². The van der Waals surface area contributed by atoms with Gasteiger partial charge in [0.05, 0.1) is 5.69 Å². The minimum Gasteiger partial charge on any atom is -0.361 e. The lowest BCUT2D eigenvalue weighted by Gasteiger charge is -2.23. The number of aryl methyl sites for hydroxylation is 2. The lowest BCUT2D eigenvalue weighted by Crippen LogP contribution is -2.14. The quantitative estimate of drug-likeness (QED) is 0.338. The van der Waals surface area contributed by atoms with Crippen LogP contribution in [0, 0.1) is 31.5 Å². The smallest absolute Gasteiger partial charge is 0.239 e. The van der Waals surface area contributed by atoms with Crippen molar-refractivity contribution in [2.75, 3.05) is 6.54 Å². The van der Waals surface area contributed by atoms with E-state index in [1.165, 1.54) is 28.9 Å². The van der Waals surface area contributed by atoms with E-state index >= 15 is 0 Å². The number of aliphatic imine (C=N–C) groups is 1. The summed E-state index contributed by atoms with van der Waals surface area (Å²) in [7, 11) is 0. The Kier molecular flexibility index (Phi) is 8.96. The molecule has 0 bridgehead atoms. The maximum atomic E-state index is 13.6. The predicted octanol–water partition coefficient (Wildman–Crippen LogP) is 9.66. The minimum atomic E-state index is -2.36. The summed E-state index contributed by atoms with van der Waals surface area (Å²) in [5.74, 6) is 0.814. The van der Waals surface area contributed by atoms with Crippen molar-refractivity contribution in [3.63, 3.8) is 0 Å². The standard InChI is InChI=1S/C35H39F3N2O/c1-21-5-12-32-28(18-29(13-21)35-23(3)40-41-24(35)4)7-6-25(14-22(2)27-8-10-31(36)11-9-27)16-33(32)30-15-26(17-34(37)38)19-39-20-30/h8-11,13,15-16,18,20,22,25-26,34H,5-7,12,14,17,19H2,1-4H3. The molecule has 0 fully saturated rings. The lowest BCUT2D eigenvalue weighted by atomic mass is 9.83. The Morgan fingerprint density at radius 1 is 0.927 bits per heavy atom. The van der Waals surface area contributed by atoms with Crippen molar-refractivity contribution in [2.45, 2.75) is 78.6 Å². The molecule has 0 saturated carbocycles. The van der Waals surface area contributed by atoms with Crippen LogP contribution >= 0.6 is 0 Å². The van der Waals surface area contributed by atoms with E-state index in [-0.39, 0.29) is 30.0 Å². The number of alkyl halides is 2. The summed E-state index contributed by atoms with van der Waals surface area (Å²) in [6, 6.07) is 6.79. The highest BCUT2D eigenvalue weighted by atomic mass is 19.3. The van der Waals surface area contributed by atoms with E-state index in [0.717, 1.165) is 71.4 Å². The van der Waals surface area contributed by atoms with Gasteiger partial charge in [-0.3, -0.25) is 4.99 Å². The average molecular weight is 561 g/mol. The topological polar surface area (TPSA) is 38.4 Å². The molecule has 0 N–H and O–H groups in total. The minimum absolute atomic E-state index is 0.178. The molecule has 1 aromatic carbocycles. The Balaban J connectivity index is 1.57. The third kappa shape index (κ3) is 6.91. The van der Waals surface area contributed by atoms with Gasteiger partial charge in [0.15, 0.2) is 0 Å². The van der Waals surface area contributed by atoms with Crippen molar-refractivity contribution in [1.82, 2.24) is 5.16 Å². The summed E-state index contributed by atoms with van der Waals surface area (Å²) in [5.41, 5.74) is 10.0. The third-order valence-electron chi connectivity index (χ3n) is 8.60. The normalized spacial score (nSPS) is 22.2. The van der Waals surface area contributed by atoms with Crippen molar-refractivity contribution >= 4 is 11.8 Å². The molecular weight excluding hydrogens is 521 g/mol. The predicted molar refractivity (Wildman–Crippen MR) is 160 cm³/mol. The SMILES string of the molecule is CC1=CC(c2c(C)noc2C)=CC2=C(CC1)C(C1=CC(CC(F)F)CN=C1)=CC(CC(C)c1ccc(F)cc1)CC2. The second-order valence-corrected chi connectivity index (χ2v) is 11.9. The highest BCUT2D eigenvalue weighted by Crippen LogP contribution is 2.41. The lowest BCUT2D eigenvalue weighted by molar-refractivity contribution is 0.124. The first-order valence-electron chi connectivity index (χ1n) is 14.7. The van der Waals surface area contributed by atoms with E-state index in [0.29, 0.717) is 6.54 Å². The Morgan fingerprint density at radius 2 is 1.71 bits per heavy atom. The molecule has 3 unspecified atom stereocenters. The molecule has 0 amide bonds. The van der Waals surface area contributed by atoms with E-state index in [9.17, 15) is 13.2 Å². The van der Waals surface area contributed by atoms with Crippen molar-refractivity contribution in [1.29, 1.82) is 0 Å². The zero-order chi connectivity index (χ0) is 29.1. The highest BCUT2D eigenvalue weighted by molar-refractivity contribution is 5.88. The van der Waals surface area contributed by atoms with Gasteiger partial charge in [0.1, 0.15) is 11.6 Å². The molecule has 1 aromatic heterocycles. The monoisotopic (exact) mass is 560 g/mol. The van der Waals surface area contributed by atoms with Gasteiger partial charge in [-0.2, -0.15) is 0 Å². The fraction of sp³-hybridized carbons (Fsp3) is 0.429. The first-order chi connectivity index (χ1) is 19.7. The molecule has 41 heavy (non-hydrogen) atoms. The summed E-state index contributed by atoms with van der Waals surface area (Å²) in [6.45, 7) is 8.67. The number of hydrogen-bond acceptors (Lipinski definition) is 3. The van der Waals surface area contributed by atoms with Crippen molar-refractivity contribution in [3.05, 3.63) is 105 Å². The number of halogens is 3. The maximum Gasteiger partial charge on any atom is 0.239 e. The van der Waals surface area contributed by atoms with Crippen LogP contribution in [0.25, 0.3) is 5.57 Å². The van der Waals surface area contributed by atoms with Crippen LogP contribution in [0.4, 0.5) is 13.2 Å². The van der Waals surface area contributed by atoms with Crippen LogP contribution in [0.5, 0.6) is 0 Å². The van der Waals surface area contributed by atoms with Crippen molar-refractivity contribution in [3.8, 4) is 0 Å². The Labute approximate surface area is 241 Å². The number of allylic oxidation sites excluding steroid dienone is 9. The number of nitrogens with zero attached hydrogens (tertiary/aromatic N) is 2. The molecule has 2 aromatic rings. The zero-order valence-corrected chi connectivity index (χ0v) is 24.4. The molecule has 0 saturated heterocycles. The van der Waals surface area contributed by atoms with Gasteiger partial charge in [-0.15, -0.1) is 0 Å². The largest absolute Gasteiger partial charge is 0.361 e. The first-order valence-corrected chi connectivity index (χ1v) is 14.7. The molecule has 1 aliphatic heterocycles. The average Bonchev–Trinajstić information content (AvgIpc) is 3.16. The summed E-state index contributed by atoms with van der Waals surface area (Å²) in [5, 5.41) is 4.21. The van der Waals surface area contributed by atoms with Crippen LogP contribution < -0.4 is 0 Å². The van der Waals surface area contributed by atoms with Crippen LogP contribution in [0.1, 0.15) is 80.9 Å². The number of rotatable bonds is 7. The van der Waals surface area contributed by atoms with Crippen LogP contribution in [-0.4, -0.2) is 24.3 Å². The van der Waals surface area contributed by atoms with Gasteiger partial charge in [-0.1, -0.05) is 54.1 Å². The second kappa shape index (κ2) is 12.6. The maximum absolute atomic E-state index is 13.6. The number of benzene rings is 1. The molecule has 216 valence electrons. The molecular formula is C35H39F3N2O. The van der Waals surface area contributed by atoms with Gasteiger partial charge in [0, 0.05) is 30.7 Å². The van der Waals surface area contributed by atoms with E-state index in [1.54, 1.807) is 0 Å². The molecule has 2 heterocycles. The molecule has 5 rings (SSSR count). The highest BCUT2D eigenvalue weighted by Gasteiger charge is 2.26. The molecule has 0 spiro atoms. The summed E-state index contributed by atoms with van der Waals surface area (Å²) >= 11 is 0. The third-order valence-corrected chi connectivity index (χ3v) is 8.60. The molecule has 3 nitrogen and oxygen atoms in total. The Hall–Kier alpha value is -3.41. The number of hydrogen-bond donors (Lipinski definition) is 0. The van der Waals surface area contributed by atoms with E-state index < -0.39 is 6.43 Å². The molecule has 6 heteroatoms. The summed E-state index contributed by atoms with van der Waals surface area (Å²) in [4.78, 5) is 4.54. The van der Waals surface area contributed by atoms with Crippen LogP contribution in [0.3, 0.4) is 0 Å². The van der Waals surface area contributed by atoms with Crippen LogP contribution in [0.15, 0.2) is 86.0 Å². The van der Waals surface area contributed by atoms with Gasteiger partial charge < -0.3 is 4.52 Å². The van der Waals surface area contributed by atoms with Crippen LogP contribution in [0.2, 0.25) is 0 Å². The van der Waals surface area contributed by atoms with Gasteiger partial charge >= 0.3 is 0 Å². The van der Waals surface area contributed by atoms with Crippen molar-refractivity contribution in [2.24, 2.45) is 16.8 Å².